The number of likely N-dealkylation sites (tertiary alicyclic amines) is 1. The zero-order valence-electron chi connectivity index (χ0n) is 12.4. The molecule has 4 heteroatoms. The van der Waals surface area contributed by atoms with Crippen LogP contribution in [0.1, 0.15) is 31.0 Å². The third-order valence-electron chi connectivity index (χ3n) is 4.04. The molecule has 2 heterocycles. The summed E-state index contributed by atoms with van der Waals surface area (Å²) < 4.78 is 0. The number of hydrogen-bond acceptors (Lipinski definition) is 3. The summed E-state index contributed by atoms with van der Waals surface area (Å²) in [5, 5.41) is 3.09. The fraction of sp³-hybridized carbons (Fsp3) is 0.471. The molecule has 1 aromatic carbocycles. The molecular weight excluding hydrogens is 300 g/mol. The highest BCUT2D eigenvalue weighted by Gasteiger charge is 2.16. The summed E-state index contributed by atoms with van der Waals surface area (Å²) in [4.78, 5) is 7.10. The van der Waals surface area contributed by atoms with Crippen LogP contribution in [0.4, 0.5) is 0 Å². The topological polar surface area (TPSA) is 16.1 Å². The number of alkyl halides is 1. The van der Waals surface area contributed by atoms with E-state index in [1.165, 1.54) is 37.1 Å². The largest absolute Gasteiger partial charge is 0.299 e. The van der Waals surface area contributed by atoms with E-state index in [0.717, 1.165) is 23.2 Å². The maximum Gasteiger partial charge on any atom is 0.123 e. The highest BCUT2D eigenvalue weighted by molar-refractivity contribution is 7.13. The average molecular weight is 321 g/mol. The Kier molecular flexibility index (Phi) is 4.94. The quantitative estimate of drug-likeness (QED) is 0.754. The SMILES string of the molecule is CC1CCCN(Cc2ccc(-c3nc(CCl)cs3)cc2)C1. The maximum absolute atomic E-state index is 5.81. The van der Waals surface area contributed by atoms with Crippen LogP contribution in [-0.4, -0.2) is 23.0 Å². The third kappa shape index (κ3) is 3.85. The molecule has 1 saturated heterocycles. The van der Waals surface area contributed by atoms with E-state index < -0.39 is 0 Å². The highest BCUT2D eigenvalue weighted by Crippen LogP contribution is 2.25. The number of thiazole rings is 1. The van der Waals surface area contributed by atoms with E-state index in [1.807, 2.05) is 5.38 Å². The molecule has 21 heavy (non-hydrogen) atoms. The molecule has 1 aromatic heterocycles. The molecule has 2 nitrogen and oxygen atoms in total. The van der Waals surface area contributed by atoms with Crippen molar-refractivity contribution in [2.75, 3.05) is 13.1 Å². The summed E-state index contributed by atoms with van der Waals surface area (Å²) in [6, 6.07) is 8.83. The summed E-state index contributed by atoms with van der Waals surface area (Å²) in [5.74, 6) is 1.32. The minimum atomic E-state index is 0.488. The monoisotopic (exact) mass is 320 g/mol. The first kappa shape index (κ1) is 15.0. The smallest absolute Gasteiger partial charge is 0.123 e. The van der Waals surface area contributed by atoms with Crippen molar-refractivity contribution < 1.29 is 0 Å². The molecule has 0 saturated carbocycles. The Hall–Kier alpha value is -0.900. The van der Waals surface area contributed by atoms with E-state index >= 15 is 0 Å². The Morgan fingerprint density at radius 3 is 2.81 bits per heavy atom. The molecule has 2 aromatic rings. The van der Waals surface area contributed by atoms with Gasteiger partial charge in [0.2, 0.25) is 0 Å². The number of halogens is 1. The Morgan fingerprint density at radius 1 is 1.33 bits per heavy atom. The van der Waals surface area contributed by atoms with Gasteiger partial charge in [-0.15, -0.1) is 22.9 Å². The molecular formula is C17H21ClN2S. The number of nitrogens with zero attached hydrogens (tertiary/aromatic N) is 2. The lowest BCUT2D eigenvalue weighted by Crippen LogP contribution is -2.33. The van der Waals surface area contributed by atoms with E-state index in [0.29, 0.717) is 5.88 Å². The molecule has 0 amide bonds. The summed E-state index contributed by atoms with van der Waals surface area (Å²) in [6.07, 6.45) is 2.71. The van der Waals surface area contributed by atoms with Gasteiger partial charge < -0.3 is 0 Å². The number of piperidine rings is 1. The predicted octanol–water partition coefficient (Wildman–Crippen LogP) is 4.78. The van der Waals surface area contributed by atoms with Gasteiger partial charge in [-0.3, -0.25) is 4.90 Å². The lowest BCUT2D eigenvalue weighted by atomic mass is 10.00. The standard InChI is InChI=1S/C17H21ClN2S/c1-13-3-2-8-20(10-13)11-14-4-6-15(7-5-14)17-19-16(9-18)12-21-17/h4-7,12-13H,2-3,8-11H2,1H3. The van der Waals surface area contributed by atoms with Crippen LogP contribution >= 0.6 is 22.9 Å². The normalized spacial score (nSPS) is 19.8. The van der Waals surface area contributed by atoms with Gasteiger partial charge in [-0.1, -0.05) is 31.2 Å². The molecule has 1 aliphatic rings. The second-order valence-corrected chi connectivity index (χ2v) is 7.08. The van der Waals surface area contributed by atoms with Crippen LogP contribution in [-0.2, 0) is 12.4 Å². The van der Waals surface area contributed by atoms with Crippen LogP contribution in [0, 0.1) is 5.92 Å². The molecule has 0 N–H and O–H groups in total. The fourth-order valence-electron chi connectivity index (χ4n) is 2.94. The molecule has 0 radical (unpaired) electrons. The number of benzene rings is 1. The van der Waals surface area contributed by atoms with Crippen molar-refractivity contribution in [3.63, 3.8) is 0 Å². The van der Waals surface area contributed by atoms with Crippen LogP contribution < -0.4 is 0 Å². The Morgan fingerprint density at radius 2 is 2.14 bits per heavy atom. The second-order valence-electron chi connectivity index (χ2n) is 5.96. The molecule has 1 atom stereocenters. The molecule has 1 fully saturated rings. The Bertz CT molecular complexity index is 579. The van der Waals surface area contributed by atoms with Crippen molar-refractivity contribution in [1.29, 1.82) is 0 Å². The predicted molar refractivity (Wildman–Crippen MR) is 90.8 cm³/mol. The first-order valence-corrected chi connectivity index (χ1v) is 8.98. The van der Waals surface area contributed by atoms with Crippen molar-refractivity contribution in [3.05, 3.63) is 40.9 Å². The van der Waals surface area contributed by atoms with Gasteiger partial charge in [0.05, 0.1) is 11.6 Å². The van der Waals surface area contributed by atoms with Gasteiger partial charge in [0.25, 0.3) is 0 Å². The van der Waals surface area contributed by atoms with E-state index in [-0.39, 0.29) is 0 Å². The van der Waals surface area contributed by atoms with Gasteiger partial charge in [0.15, 0.2) is 0 Å². The van der Waals surface area contributed by atoms with E-state index in [2.05, 4.69) is 41.1 Å². The number of hydrogen-bond donors (Lipinski definition) is 0. The lowest BCUT2D eigenvalue weighted by molar-refractivity contribution is 0.176. The average Bonchev–Trinajstić information content (AvgIpc) is 2.97. The zero-order valence-corrected chi connectivity index (χ0v) is 14.0. The summed E-state index contributed by atoms with van der Waals surface area (Å²) >= 11 is 7.47. The Labute approximate surface area is 135 Å². The first-order chi connectivity index (χ1) is 10.2. The van der Waals surface area contributed by atoms with E-state index in [4.69, 9.17) is 11.6 Å². The van der Waals surface area contributed by atoms with Crippen LogP contribution in [0.2, 0.25) is 0 Å². The van der Waals surface area contributed by atoms with Crippen molar-refractivity contribution in [3.8, 4) is 10.6 Å². The first-order valence-electron chi connectivity index (χ1n) is 7.56. The van der Waals surface area contributed by atoms with Gasteiger partial charge in [0.1, 0.15) is 5.01 Å². The van der Waals surface area contributed by atoms with Crippen LogP contribution in [0.3, 0.4) is 0 Å². The minimum Gasteiger partial charge on any atom is -0.299 e. The Balaban J connectivity index is 1.66. The molecule has 3 rings (SSSR count). The van der Waals surface area contributed by atoms with Crippen molar-refractivity contribution in [2.45, 2.75) is 32.2 Å². The molecule has 0 aliphatic carbocycles. The van der Waals surface area contributed by atoms with Crippen molar-refractivity contribution in [2.24, 2.45) is 5.92 Å². The second kappa shape index (κ2) is 6.91. The maximum atomic E-state index is 5.81. The number of rotatable bonds is 4. The summed E-state index contributed by atoms with van der Waals surface area (Å²) in [7, 11) is 0. The molecule has 112 valence electrons. The van der Waals surface area contributed by atoms with Gasteiger partial charge in [-0.25, -0.2) is 4.98 Å². The summed E-state index contributed by atoms with van der Waals surface area (Å²) in [5.41, 5.74) is 3.54. The van der Waals surface area contributed by atoms with Crippen LogP contribution in [0.25, 0.3) is 10.6 Å². The third-order valence-corrected chi connectivity index (χ3v) is 5.25. The number of aromatic nitrogens is 1. The van der Waals surface area contributed by atoms with E-state index in [1.54, 1.807) is 11.3 Å². The molecule has 0 bridgehead atoms. The van der Waals surface area contributed by atoms with Crippen molar-refractivity contribution >= 4 is 22.9 Å². The minimum absolute atomic E-state index is 0.488. The van der Waals surface area contributed by atoms with Gasteiger partial charge in [-0.2, -0.15) is 0 Å². The van der Waals surface area contributed by atoms with E-state index in [9.17, 15) is 0 Å². The summed E-state index contributed by atoms with van der Waals surface area (Å²) in [6.45, 7) is 5.88. The van der Waals surface area contributed by atoms with Crippen LogP contribution in [0.15, 0.2) is 29.6 Å². The fourth-order valence-corrected chi connectivity index (χ4v) is 4.00. The van der Waals surface area contributed by atoms with Gasteiger partial charge >= 0.3 is 0 Å². The lowest BCUT2D eigenvalue weighted by Gasteiger charge is -2.30. The van der Waals surface area contributed by atoms with Gasteiger partial charge in [0, 0.05) is 24.0 Å². The van der Waals surface area contributed by atoms with Gasteiger partial charge in [-0.05, 0) is 30.9 Å². The molecule has 1 unspecified atom stereocenters. The molecule has 0 spiro atoms. The highest BCUT2D eigenvalue weighted by atomic mass is 35.5. The molecule has 1 aliphatic heterocycles. The van der Waals surface area contributed by atoms with Crippen molar-refractivity contribution in [1.82, 2.24) is 9.88 Å². The van der Waals surface area contributed by atoms with Crippen LogP contribution in [0.5, 0.6) is 0 Å². The zero-order chi connectivity index (χ0) is 14.7.